The van der Waals surface area contributed by atoms with E-state index in [9.17, 15) is 0 Å². The fourth-order valence-electron chi connectivity index (χ4n) is 4.66. The lowest BCUT2D eigenvalue weighted by Crippen LogP contribution is -2.63. The number of nitrogens with zero attached hydrogens (tertiary/aromatic N) is 1. The van der Waals surface area contributed by atoms with Crippen LogP contribution >= 0.6 is 0 Å². The van der Waals surface area contributed by atoms with Crippen molar-refractivity contribution in [3.8, 4) is 0 Å². The lowest BCUT2D eigenvalue weighted by atomic mass is 9.80. The molecule has 1 saturated carbocycles. The van der Waals surface area contributed by atoms with Crippen molar-refractivity contribution in [2.75, 3.05) is 19.6 Å². The van der Waals surface area contributed by atoms with Gasteiger partial charge in [0.05, 0.1) is 0 Å². The van der Waals surface area contributed by atoms with Crippen molar-refractivity contribution in [3.63, 3.8) is 0 Å². The standard InChI is InChI=1S/C18H26N2/c1-4-8-18(9-5-1)14-20(11-10-19-18)17-12-15-6-2-3-7-16(15)13-17/h2-3,6-7,17,19H,1,4-5,8-14H2. The highest BCUT2D eigenvalue weighted by molar-refractivity contribution is 5.33. The Balaban J connectivity index is 1.47. The van der Waals surface area contributed by atoms with Gasteiger partial charge in [-0.15, -0.1) is 0 Å². The highest BCUT2D eigenvalue weighted by Gasteiger charge is 2.39. The fourth-order valence-corrected chi connectivity index (χ4v) is 4.66. The number of hydrogen-bond donors (Lipinski definition) is 1. The van der Waals surface area contributed by atoms with Crippen LogP contribution < -0.4 is 5.32 Å². The zero-order chi connectivity index (χ0) is 13.4. The van der Waals surface area contributed by atoms with Gasteiger partial charge in [-0.3, -0.25) is 4.90 Å². The van der Waals surface area contributed by atoms with Crippen LogP contribution in [-0.2, 0) is 12.8 Å². The minimum atomic E-state index is 0.450. The average molecular weight is 270 g/mol. The van der Waals surface area contributed by atoms with Crippen molar-refractivity contribution >= 4 is 0 Å². The van der Waals surface area contributed by atoms with E-state index < -0.39 is 0 Å². The molecule has 1 spiro atoms. The number of benzene rings is 1. The van der Waals surface area contributed by atoms with Gasteiger partial charge in [0.2, 0.25) is 0 Å². The molecule has 1 saturated heterocycles. The number of rotatable bonds is 1. The first-order chi connectivity index (χ1) is 9.85. The second kappa shape index (κ2) is 5.16. The van der Waals surface area contributed by atoms with E-state index in [0.29, 0.717) is 5.54 Å². The Kier molecular flexibility index (Phi) is 3.31. The molecule has 2 aliphatic carbocycles. The van der Waals surface area contributed by atoms with Crippen molar-refractivity contribution in [2.24, 2.45) is 0 Å². The molecular weight excluding hydrogens is 244 g/mol. The van der Waals surface area contributed by atoms with Crippen LogP contribution in [-0.4, -0.2) is 36.1 Å². The van der Waals surface area contributed by atoms with E-state index in [0.717, 1.165) is 6.04 Å². The van der Waals surface area contributed by atoms with E-state index >= 15 is 0 Å². The Morgan fingerprint density at radius 3 is 2.40 bits per heavy atom. The molecule has 1 aromatic carbocycles. The van der Waals surface area contributed by atoms with Crippen LogP contribution in [0.2, 0.25) is 0 Å². The first-order valence-electron chi connectivity index (χ1n) is 8.41. The SMILES string of the molecule is c1ccc2c(c1)CC(N1CCNC3(CCCCC3)C1)C2. The molecule has 0 radical (unpaired) electrons. The summed E-state index contributed by atoms with van der Waals surface area (Å²) in [5.41, 5.74) is 3.63. The summed E-state index contributed by atoms with van der Waals surface area (Å²) in [7, 11) is 0. The summed E-state index contributed by atoms with van der Waals surface area (Å²) >= 11 is 0. The molecular formula is C18H26N2. The van der Waals surface area contributed by atoms with Crippen LogP contribution in [0.4, 0.5) is 0 Å². The Labute approximate surface area is 122 Å². The van der Waals surface area contributed by atoms with Crippen molar-refractivity contribution in [3.05, 3.63) is 35.4 Å². The first kappa shape index (κ1) is 12.8. The maximum Gasteiger partial charge on any atom is 0.0309 e. The molecule has 2 heteroatoms. The average Bonchev–Trinajstić information content (AvgIpc) is 2.92. The van der Waals surface area contributed by atoms with Gasteiger partial charge < -0.3 is 5.32 Å². The minimum absolute atomic E-state index is 0.450. The lowest BCUT2D eigenvalue weighted by molar-refractivity contribution is 0.0706. The molecule has 3 aliphatic rings. The molecule has 20 heavy (non-hydrogen) atoms. The van der Waals surface area contributed by atoms with Gasteiger partial charge >= 0.3 is 0 Å². The monoisotopic (exact) mass is 270 g/mol. The fraction of sp³-hybridized carbons (Fsp3) is 0.667. The van der Waals surface area contributed by atoms with Crippen molar-refractivity contribution in [2.45, 2.75) is 56.5 Å². The number of nitrogens with one attached hydrogen (secondary N) is 1. The summed E-state index contributed by atoms with van der Waals surface area (Å²) < 4.78 is 0. The molecule has 2 nitrogen and oxygen atoms in total. The Bertz CT molecular complexity index is 446. The summed E-state index contributed by atoms with van der Waals surface area (Å²) in [6.45, 7) is 3.71. The number of piperazine rings is 1. The highest BCUT2D eigenvalue weighted by Crippen LogP contribution is 2.33. The number of fused-ring (bicyclic) bond motifs is 1. The van der Waals surface area contributed by atoms with E-state index in [1.807, 2.05) is 0 Å². The van der Waals surface area contributed by atoms with Crippen LogP contribution in [0.1, 0.15) is 43.2 Å². The number of hydrogen-bond acceptors (Lipinski definition) is 2. The quantitative estimate of drug-likeness (QED) is 0.844. The van der Waals surface area contributed by atoms with Gasteiger partial charge in [-0.25, -0.2) is 0 Å². The zero-order valence-corrected chi connectivity index (χ0v) is 12.4. The first-order valence-corrected chi connectivity index (χ1v) is 8.41. The smallest absolute Gasteiger partial charge is 0.0309 e. The molecule has 1 aliphatic heterocycles. The van der Waals surface area contributed by atoms with Crippen LogP contribution in [0.5, 0.6) is 0 Å². The van der Waals surface area contributed by atoms with E-state index in [1.54, 1.807) is 11.1 Å². The van der Waals surface area contributed by atoms with Crippen LogP contribution in [0.3, 0.4) is 0 Å². The molecule has 0 bridgehead atoms. The maximum atomic E-state index is 3.87. The summed E-state index contributed by atoms with van der Waals surface area (Å²) in [5, 5.41) is 3.87. The van der Waals surface area contributed by atoms with E-state index in [4.69, 9.17) is 0 Å². The molecule has 1 heterocycles. The predicted molar refractivity (Wildman–Crippen MR) is 83.0 cm³/mol. The lowest BCUT2D eigenvalue weighted by Gasteiger charge is -2.48. The third-order valence-corrected chi connectivity index (χ3v) is 5.76. The molecule has 0 unspecified atom stereocenters. The topological polar surface area (TPSA) is 15.3 Å². The summed E-state index contributed by atoms with van der Waals surface area (Å²) in [5.74, 6) is 0. The third kappa shape index (κ3) is 2.29. The third-order valence-electron chi connectivity index (χ3n) is 5.76. The van der Waals surface area contributed by atoms with Gasteiger partial charge in [-0.05, 0) is 36.8 Å². The molecule has 108 valence electrons. The van der Waals surface area contributed by atoms with Gasteiger partial charge in [0.25, 0.3) is 0 Å². The molecule has 1 N–H and O–H groups in total. The molecule has 4 rings (SSSR count). The van der Waals surface area contributed by atoms with Crippen LogP contribution in [0.25, 0.3) is 0 Å². The van der Waals surface area contributed by atoms with Gasteiger partial charge in [0, 0.05) is 31.2 Å². The van der Waals surface area contributed by atoms with Gasteiger partial charge in [-0.1, -0.05) is 43.5 Å². The van der Waals surface area contributed by atoms with Crippen molar-refractivity contribution < 1.29 is 0 Å². The van der Waals surface area contributed by atoms with Gasteiger partial charge in [0.1, 0.15) is 0 Å². The Hall–Kier alpha value is -0.860. The normalized spacial score (nSPS) is 26.8. The van der Waals surface area contributed by atoms with Crippen LogP contribution in [0.15, 0.2) is 24.3 Å². The maximum absolute atomic E-state index is 3.87. The van der Waals surface area contributed by atoms with Crippen molar-refractivity contribution in [1.29, 1.82) is 0 Å². The van der Waals surface area contributed by atoms with E-state index in [-0.39, 0.29) is 0 Å². The zero-order valence-electron chi connectivity index (χ0n) is 12.4. The van der Waals surface area contributed by atoms with E-state index in [1.165, 1.54) is 64.6 Å². The van der Waals surface area contributed by atoms with Gasteiger partial charge in [-0.2, -0.15) is 0 Å². The minimum Gasteiger partial charge on any atom is -0.309 e. The van der Waals surface area contributed by atoms with Crippen LogP contribution in [0, 0.1) is 0 Å². The molecule has 0 amide bonds. The molecule has 1 aromatic rings. The summed E-state index contributed by atoms with van der Waals surface area (Å²) in [6.07, 6.45) is 9.61. The Morgan fingerprint density at radius 2 is 1.70 bits per heavy atom. The molecule has 0 atom stereocenters. The van der Waals surface area contributed by atoms with E-state index in [2.05, 4.69) is 34.5 Å². The second-order valence-corrected chi connectivity index (χ2v) is 7.07. The second-order valence-electron chi connectivity index (χ2n) is 7.07. The van der Waals surface area contributed by atoms with Gasteiger partial charge in [0.15, 0.2) is 0 Å². The predicted octanol–water partition coefficient (Wildman–Crippen LogP) is 2.76. The molecule has 2 fully saturated rings. The molecule has 0 aromatic heterocycles. The highest BCUT2D eigenvalue weighted by atomic mass is 15.2. The summed E-state index contributed by atoms with van der Waals surface area (Å²) in [4.78, 5) is 2.79. The largest absolute Gasteiger partial charge is 0.309 e. The Morgan fingerprint density at radius 1 is 1.00 bits per heavy atom. The summed E-state index contributed by atoms with van der Waals surface area (Å²) in [6, 6.07) is 9.80. The van der Waals surface area contributed by atoms with Crippen molar-refractivity contribution in [1.82, 2.24) is 10.2 Å².